The molecule has 0 radical (unpaired) electrons. The number of carbonyl (C=O) groups excluding carboxylic acids is 1. The lowest BCUT2D eigenvalue weighted by Gasteiger charge is -2.08. The predicted octanol–water partition coefficient (Wildman–Crippen LogP) is -0.970. The SMILES string of the molecule is CNCCOCCOCCOCCOCCC(=O)NCCNC1OC1/C=C\C(C)O. The number of carbonyl (C=O) groups is 1. The number of aliphatic hydroxyl groups is 1. The van der Waals surface area contributed by atoms with Crippen molar-refractivity contribution < 1.29 is 33.6 Å². The molecular weight excluding hydrogens is 394 g/mol. The first-order valence-electron chi connectivity index (χ1n) is 10.6. The van der Waals surface area contributed by atoms with Gasteiger partial charge in [0.2, 0.25) is 5.91 Å². The maximum Gasteiger partial charge on any atom is 0.222 e. The smallest absolute Gasteiger partial charge is 0.222 e. The lowest BCUT2D eigenvalue weighted by Crippen LogP contribution is -2.33. The second-order valence-corrected chi connectivity index (χ2v) is 6.75. The number of aliphatic hydroxyl groups excluding tert-OH is 1. The fourth-order valence-electron chi connectivity index (χ4n) is 2.31. The monoisotopic (exact) mass is 433 g/mol. The Morgan fingerprint density at radius 1 is 0.967 bits per heavy atom. The predicted molar refractivity (Wildman–Crippen MR) is 112 cm³/mol. The van der Waals surface area contributed by atoms with Gasteiger partial charge in [0.1, 0.15) is 12.3 Å². The Bertz CT molecular complexity index is 452. The molecule has 1 saturated heterocycles. The summed E-state index contributed by atoms with van der Waals surface area (Å²) in [7, 11) is 1.89. The maximum absolute atomic E-state index is 11.7. The lowest BCUT2D eigenvalue weighted by atomic mass is 10.3. The number of rotatable bonds is 21. The zero-order valence-corrected chi connectivity index (χ0v) is 18.3. The van der Waals surface area contributed by atoms with Gasteiger partial charge in [0.25, 0.3) is 0 Å². The van der Waals surface area contributed by atoms with Crippen LogP contribution < -0.4 is 16.0 Å². The number of likely N-dealkylation sites (N-methyl/N-ethyl adjacent to an activating group) is 1. The van der Waals surface area contributed by atoms with Gasteiger partial charge in [0.05, 0.1) is 59.0 Å². The number of hydrogen-bond donors (Lipinski definition) is 4. The quantitative estimate of drug-likeness (QED) is 0.103. The summed E-state index contributed by atoms with van der Waals surface area (Å²) in [5, 5.41) is 18.1. The number of epoxide rings is 1. The second kappa shape index (κ2) is 18.6. The second-order valence-electron chi connectivity index (χ2n) is 6.75. The van der Waals surface area contributed by atoms with Crippen LogP contribution in [0.5, 0.6) is 0 Å². The van der Waals surface area contributed by atoms with Gasteiger partial charge < -0.3 is 39.4 Å². The topological polar surface area (TPSA) is 123 Å². The van der Waals surface area contributed by atoms with Crippen LogP contribution in [-0.2, 0) is 28.5 Å². The van der Waals surface area contributed by atoms with E-state index in [4.69, 9.17) is 28.8 Å². The van der Waals surface area contributed by atoms with Crippen molar-refractivity contribution in [1.82, 2.24) is 16.0 Å². The summed E-state index contributed by atoms with van der Waals surface area (Å²) < 4.78 is 26.8. The van der Waals surface area contributed by atoms with Gasteiger partial charge in [-0.05, 0) is 14.0 Å². The first-order valence-corrected chi connectivity index (χ1v) is 10.6. The third-order valence-electron chi connectivity index (χ3n) is 3.98. The number of hydrogen-bond acceptors (Lipinski definition) is 9. The van der Waals surface area contributed by atoms with Crippen LogP contribution in [0.2, 0.25) is 0 Å². The summed E-state index contributed by atoms with van der Waals surface area (Å²) in [6.45, 7) is 7.80. The minimum Gasteiger partial charge on any atom is -0.389 e. The molecular formula is C20H39N3O7. The highest BCUT2D eigenvalue weighted by molar-refractivity contribution is 5.75. The molecule has 10 nitrogen and oxygen atoms in total. The average molecular weight is 434 g/mol. The van der Waals surface area contributed by atoms with Crippen molar-refractivity contribution in [1.29, 1.82) is 0 Å². The first-order chi connectivity index (χ1) is 14.6. The van der Waals surface area contributed by atoms with Crippen molar-refractivity contribution in [3.63, 3.8) is 0 Å². The Morgan fingerprint density at radius 3 is 2.17 bits per heavy atom. The van der Waals surface area contributed by atoms with Crippen LogP contribution in [0, 0.1) is 0 Å². The van der Waals surface area contributed by atoms with E-state index in [0.29, 0.717) is 72.4 Å². The average Bonchev–Trinajstić information content (AvgIpc) is 3.48. The van der Waals surface area contributed by atoms with Gasteiger partial charge in [-0.25, -0.2) is 0 Å². The van der Waals surface area contributed by atoms with Gasteiger partial charge in [-0.1, -0.05) is 12.2 Å². The first kappa shape index (κ1) is 26.9. The third kappa shape index (κ3) is 16.7. The van der Waals surface area contributed by atoms with Crippen molar-refractivity contribution in [2.24, 2.45) is 0 Å². The lowest BCUT2D eigenvalue weighted by molar-refractivity contribution is -0.122. The summed E-state index contributed by atoms with van der Waals surface area (Å²) in [6.07, 6.45) is 3.33. The molecule has 0 bridgehead atoms. The normalized spacial score (nSPS) is 19.3. The minimum absolute atomic E-state index is 0.000169. The molecule has 0 aromatic heterocycles. The summed E-state index contributed by atoms with van der Waals surface area (Å²) in [4.78, 5) is 11.7. The van der Waals surface area contributed by atoms with Gasteiger partial charge in [-0.2, -0.15) is 0 Å². The molecule has 0 aromatic rings. The molecule has 176 valence electrons. The minimum atomic E-state index is -0.472. The fourth-order valence-corrected chi connectivity index (χ4v) is 2.31. The number of nitrogens with one attached hydrogen (secondary N) is 3. The van der Waals surface area contributed by atoms with Crippen LogP contribution in [0.3, 0.4) is 0 Å². The van der Waals surface area contributed by atoms with E-state index in [0.717, 1.165) is 6.54 Å². The largest absolute Gasteiger partial charge is 0.389 e. The van der Waals surface area contributed by atoms with E-state index in [1.54, 1.807) is 13.0 Å². The van der Waals surface area contributed by atoms with Crippen molar-refractivity contribution in [2.45, 2.75) is 31.8 Å². The van der Waals surface area contributed by atoms with E-state index < -0.39 is 6.10 Å². The Labute approximate surface area is 179 Å². The van der Waals surface area contributed by atoms with E-state index >= 15 is 0 Å². The zero-order valence-electron chi connectivity index (χ0n) is 18.3. The highest BCUT2D eigenvalue weighted by Crippen LogP contribution is 2.20. The van der Waals surface area contributed by atoms with Crippen molar-refractivity contribution in [3.05, 3.63) is 12.2 Å². The van der Waals surface area contributed by atoms with Crippen LogP contribution >= 0.6 is 0 Å². The number of ether oxygens (including phenoxy) is 5. The van der Waals surface area contributed by atoms with E-state index in [-0.39, 0.29) is 18.2 Å². The van der Waals surface area contributed by atoms with Crippen molar-refractivity contribution in [3.8, 4) is 0 Å². The molecule has 10 heteroatoms. The van der Waals surface area contributed by atoms with Gasteiger partial charge >= 0.3 is 0 Å². The fraction of sp³-hybridized carbons (Fsp3) is 0.850. The summed E-state index contributed by atoms with van der Waals surface area (Å²) >= 11 is 0. The molecule has 0 saturated carbocycles. The molecule has 0 aromatic carbocycles. The zero-order chi connectivity index (χ0) is 21.9. The van der Waals surface area contributed by atoms with Crippen LogP contribution in [-0.4, -0.2) is 109 Å². The molecule has 1 rings (SSSR count). The molecule has 1 heterocycles. The van der Waals surface area contributed by atoms with Gasteiger partial charge in [-0.15, -0.1) is 0 Å². The van der Waals surface area contributed by atoms with E-state index in [1.807, 2.05) is 13.1 Å². The van der Waals surface area contributed by atoms with Crippen LogP contribution in [0.4, 0.5) is 0 Å². The van der Waals surface area contributed by atoms with Gasteiger partial charge in [-0.3, -0.25) is 10.1 Å². The van der Waals surface area contributed by atoms with Gasteiger partial charge in [0.15, 0.2) is 0 Å². The van der Waals surface area contributed by atoms with E-state index in [2.05, 4.69) is 16.0 Å². The molecule has 1 aliphatic rings. The third-order valence-corrected chi connectivity index (χ3v) is 3.98. The molecule has 3 atom stereocenters. The van der Waals surface area contributed by atoms with Crippen LogP contribution in [0.1, 0.15) is 13.3 Å². The van der Waals surface area contributed by atoms with Crippen molar-refractivity contribution in [2.75, 3.05) is 79.5 Å². The summed E-state index contributed by atoms with van der Waals surface area (Å²) in [5.74, 6) is -0.0506. The highest BCUT2D eigenvalue weighted by Gasteiger charge is 2.35. The molecule has 30 heavy (non-hydrogen) atoms. The van der Waals surface area contributed by atoms with E-state index in [9.17, 15) is 4.79 Å². The van der Waals surface area contributed by atoms with Crippen LogP contribution in [0.25, 0.3) is 0 Å². The van der Waals surface area contributed by atoms with Crippen LogP contribution in [0.15, 0.2) is 12.2 Å². The number of amides is 1. The molecule has 0 aliphatic carbocycles. The molecule has 1 aliphatic heterocycles. The Kier molecular flexibility index (Phi) is 16.7. The molecule has 3 unspecified atom stereocenters. The molecule has 1 amide bonds. The summed E-state index contributed by atoms with van der Waals surface area (Å²) in [5.41, 5.74) is 0. The van der Waals surface area contributed by atoms with E-state index in [1.165, 1.54) is 0 Å². The Morgan fingerprint density at radius 2 is 1.57 bits per heavy atom. The molecule has 0 spiro atoms. The van der Waals surface area contributed by atoms with Crippen molar-refractivity contribution >= 4 is 5.91 Å². The standard InChI is InChI=1S/C20H39N3O7/c1-17(24)3-4-18-20(30-18)23-7-6-22-19(25)5-9-26-11-13-28-15-16-29-14-12-27-10-8-21-2/h3-4,17-18,20-21,23-24H,5-16H2,1-2H3,(H,22,25)/b4-3-. The highest BCUT2D eigenvalue weighted by atomic mass is 16.6. The summed E-state index contributed by atoms with van der Waals surface area (Å²) in [6, 6.07) is 0. The van der Waals surface area contributed by atoms with Gasteiger partial charge in [0, 0.05) is 26.1 Å². The Balaban J connectivity index is 1.75. The molecule has 4 N–H and O–H groups in total. The maximum atomic E-state index is 11.7. The molecule has 1 fully saturated rings. The Hall–Kier alpha value is -1.11.